The number of fused-ring (bicyclic) bond motifs is 3. The molecule has 1 aliphatic heterocycles. The fourth-order valence-electron chi connectivity index (χ4n) is 5.51. The number of hydrogen-bond donors (Lipinski definition) is 1. The van der Waals surface area contributed by atoms with Crippen LogP contribution in [0.3, 0.4) is 0 Å². The van der Waals surface area contributed by atoms with Gasteiger partial charge in [0.2, 0.25) is 0 Å². The van der Waals surface area contributed by atoms with E-state index in [4.69, 9.17) is 4.98 Å². The van der Waals surface area contributed by atoms with Crippen LogP contribution in [0.2, 0.25) is 0 Å². The topological polar surface area (TPSA) is 93.3 Å². The Morgan fingerprint density at radius 1 is 0.976 bits per heavy atom. The van der Waals surface area contributed by atoms with Crippen LogP contribution in [0.25, 0.3) is 22.1 Å². The van der Waals surface area contributed by atoms with Crippen LogP contribution >= 0.6 is 15.9 Å². The summed E-state index contributed by atoms with van der Waals surface area (Å²) in [5, 5.41) is 11.8. The van der Waals surface area contributed by atoms with Gasteiger partial charge >= 0.3 is 23.1 Å². The van der Waals surface area contributed by atoms with Crippen molar-refractivity contribution < 1.29 is 13.5 Å². The van der Waals surface area contributed by atoms with Crippen LogP contribution in [0.1, 0.15) is 44.1 Å². The summed E-state index contributed by atoms with van der Waals surface area (Å²) in [5.74, 6) is 2.38. The van der Waals surface area contributed by atoms with Crippen LogP contribution in [0, 0.1) is 0 Å². The van der Waals surface area contributed by atoms with Gasteiger partial charge in [0.15, 0.2) is 5.65 Å². The molecular weight excluding hydrogens is 615 g/mol. The van der Waals surface area contributed by atoms with E-state index in [1.165, 1.54) is 9.54 Å². The van der Waals surface area contributed by atoms with E-state index in [9.17, 15) is 13.5 Å². The minimum Gasteiger partial charge on any atom is -0.383 e. The molecule has 1 saturated heterocycles. The van der Waals surface area contributed by atoms with Crippen molar-refractivity contribution in [1.29, 1.82) is 0 Å². The number of rotatable bonds is 6. The minimum absolute atomic E-state index is 0. The fourth-order valence-corrected chi connectivity index (χ4v) is 6.83. The lowest BCUT2D eigenvalue weighted by Crippen LogP contribution is -2.35. The van der Waals surface area contributed by atoms with Crippen molar-refractivity contribution >= 4 is 71.1 Å². The molecule has 3 aromatic heterocycles. The molecule has 4 heterocycles. The summed E-state index contributed by atoms with van der Waals surface area (Å²) in [4.78, 5) is 12.0. The Morgan fingerprint density at radius 3 is 2.20 bits per heavy atom. The molecule has 0 aliphatic carbocycles. The number of benzene rings is 2. The van der Waals surface area contributed by atoms with Crippen molar-refractivity contribution in [1.82, 2.24) is 23.4 Å². The molecule has 0 radical (unpaired) electrons. The molecule has 11 heteroatoms. The first-order chi connectivity index (χ1) is 19.2. The highest BCUT2D eigenvalue weighted by molar-refractivity contribution is 9.08. The summed E-state index contributed by atoms with van der Waals surface area (Å²) in [6, 6.07) is 20.8. The molecule has 0 amide bonds. The summed E-state index contributed by atoms with van der Waals surface area (Å²) in [7, 11) is -3.82. The Kier molecular flexibility index (Phi) is 9.98. The van der Waals surface area contributed by atoms with E-state index < -0.39 is 15.6 Å². The van der Waals surface area contributed by atoms with Crippen molar-refractivity contribution in [3.63, 3.8) is 0 Å². The van der Waals surface area contributed by atoms with Gasteiger partial charge in [-0.05, 0) is 56.3 Å². The second kappa shape index (κ2) is 12.9. The summed E-state index contributed by atoms with van der Waals surface area (Å²) in [6.45, 7) is 6.23. The van der Waals surface area contributed by atoms with Crippen LogP contribution < -0.4 is 0 Å². The Bertz CT molecular complexity index is 1710. The average Bonchev–Trinajstić information content (AvgIpc) is 3.58. The van der Waals surface area contributed by atoms with E-state index in [0.29, 0.717) is 22.4 Å². The normalized spacial score (nSPS) is 15.0. The molecule has 0 atom stereocenters. The lowest BCUT2D eigenvalue weighted by molar-refractivity contribution is 0.0605. The molecule has 1 fully saturated rings. The zero-order valence-electron chi connectivity index (χ0n) is 22.9. The lowest BCUT2D eigenvalue weighted by Gasteiger charge is -2.34. The van der Waals surface area contributed by atoms with E-state index in [-0.39, 0.29) is 34.0 Å². The van der Waals surface area contributed by atoms with Crippen LogP contribution in [-0.4, -0.2) is 78.9 Å². The fraction of sp³-hybridized carbons (Fsp3) is 0.333. The number of pyridine rings is 1. The summed E-state index contributed by atoms with van der Waals surface area (Å²) in [6.07, 6.45) is 4.97. The van der Waals surface area contributed by atoms with Crippen molar-refractivity contribution in [2.45, 2.75) is 49.8 Å². The highest BCUT2D eigenvalue weighted by Crippen LogP contribution is 2.36. The average molecular weight is 651 g/mol. The smallest absolute Gasteiger partial charge is 0.316 e. The predicted octanol–water partition coefficient (Wildman–Crippen LogP) is 4.78. The van der Waals surface area contributed by atoms with Crippen LogP contribution in [-0.2, 0) is 22.2 Å². The number of nitrogens with zero attached hydrogens (tertiary/aromatic N) is 5. The number of hydrogen-bond acceptors (Lipinski definition) is 6. The van der Waals surface area contributed by atoms with Crippen molar-refractivity contribution in [2.24, 2.45) is 0 Å². The number of aliphatic hydroxyl groups is 1. The zero-order valence-corrected chi connectivity index (χ0v) is 25.3. The highest BCUT2D eigenvalue weighted by Gasteiger charge is 2.32. The summed E-state index contributed by atoms with van der Waals surface area (Å²) >= 11 is 2.94. The van der Waals surface area contributed by atoms with Gasteiger partial charge in [0.1, 0.15) is 16.9 Å². The van der Waals surface area contributed by atoms with Crippen molar-refractivity contribution in [3.05, 3.63) is 90.5 Å². The van der Waals surface area contributed by atoms with E-state index in [2.05, 4.69) is 54.6 Å². The largest absolute Gasteiger partial charge is 0.383 e. The number of imidazole rings is 1. The first-order valence-corrected chi connectivity index (χ1v) is 16.3. The third-order valence-corrected chi connectivity index (χ3v) is 9.03. The van der Waals surface area contributed by atoms with Gasteiger partial charge in [-0.15, -0.1) is 0 Å². The predicted molar refractivity (Wildman–Crippen MR) is 171 cm³/mol. The molecule has 1 aliphatic rings. The first kappa shape index (κ1) is 31.6. The molecule has 1 N–H and O–H groups in total. The van der Waals surface area contributed by atoms with E-state index in [1.54, 1.807) is 62.6 Å². The van der Waals surface area contributed by atoms with Gasteiger partial charge < -0.3 is 9.67 Å². The lowest BCUT2D eigenvalue weighted by atomic mass is 10.0. The van der Waals surface area contributed by atoms with Gasteiger partial charge in [-0.1, -0.05) is 64.5 Å². The maximum atomic E-state index is 13.4. The molecule has 214 valence electrons. The van der Waals surface area contributed by atoms with Crippen molar-refractivity contribution in [3.8, 4) is 0 Å². The minimum atomic E-state index is -3.82. The van der Waals surface area contributed by atoms with Gasteiger partial charge in [0.25, 0.3) is 10.0 Å². The quantitative estimate of drug-likeness (QED) is 0.210. The van der Waals surface area contributed by atoms with E-state index in [0.717, 1.165) is 38.0 Å². The number of likely N-dealkylation sites (tertiary alicyclic amines) is 1. The van der Waals surface area contributed by atoms with Gasteiger partial charge in [0.05, 0.1) is 16.6 Å². The maximum Gasteiger partial charge on any atom is 0.316 e. The SMILES string of the molecule is CBr.CC(C)(O)c1nc2cnc3c(ccn3S(=O)(=O)c3ccccc3)c2n1C1CCN(Cc2ccccc2)CC1.[MgH2]. The number of halogens is 1. The molecule has 0 unspecified atom stereocenters. The number of aromatic nitrogens is 4. The van der Waals surface area contributed by atoms with Gasteiger partial charge in [-0.25, -0.2) is 22.4 Å². The summed E-state index contributed by atoms with van der Waals surface area (Å²) in [5.41, 5.74) is 1.94. The van der Waals surface area contributed by atoms with Gasteiger partial charge in [-0.2, -0.15) is 0 Å². The van der Waals surface area contributed by atoms with Crippen molar-refractivity contribution in [2.75, 3.05) is 18.9 Å². The van der Waals surface area contributed by atoms with Crippen LogP contribution in [0.15, 0.2) is 84.0 Å². The molecule has 41 heavy (non-hydrogen) atoms. The first-order valence-electron chi connectivity index (χ1n) is 13.3. The highest BCUT2D eigenvalue weighted by atomic mass is 79.9. The molecule has 0 spiro atoms. The Hall–Kier alpha value is -2.28. The van der Waals surface area contributed by atoms with Gasteiger partial charge in [0, 0.05) is 37.3 Å². The molecule has 6 rings (SSSR count). The monoisotopic (exact) mass is 649 g/mol. The second-order valence-electron chi connectivity index (χ2n) is 10.5. The summed E-state index contributed by atoms with van der Waals surface area (Å²) < 4.78 is 30.2. The van der Waals surface area contributed by atoms with E-state index >= 15 is 0 Å². The van der Waals surface area contributed by atoms with Crippen LogP contribution in [0.4, 0.5) is 0 Å². The van der Waals surface area contributed by atoms with E-state index in [1.807, 2.05) is 11.9 Å². The maximum absolute atomic E-state index is 13.4. The van der Waals surface area contributed by atoms with Gasteiger partial charge in [-0.3, -0.25) is 4.90 Å². The molecule has 5 aromatic rings. The Balaban J connectivity index is 0.00000126. The third kappa shape index (κ3) is 6.25. The Labute approximate surface area is 265 Å². The Morgan fingerprint density at radius 2 is 1.59 bits per heavy atom. The molecule has 0 saturated carbocycles. The number of piperidine rings is 1. The third-order valence-electron chi connectivity index (χ3n) is 7.35. The van der Waals surface area contributed by atoms with Crippen LogP contribution in [0.5, 0.6) is 0 Å². The zero-order chi connectivity index (χ0) is 28.5. The molecule has 2 aromatic carbocycles. The second-order valence-corrected chi connectivity index (χ2v) is 12.3. The molecule has 8 nitrogen and oxygen atoms in total. The number of alkyl halides is 1. The molecular formula is C30H36BrMgN5O3S. The standard InChI is InChI=1S/C29H31N5O3S.CH3Br.Mg.2H/c1-29(2,35)28-31-25-19-30-27-24(15-18-33(27)38(36,37)23-11-7-4-8-12-23)26(25)34(28)22-13-16-32(17-14-22)20-21-9-5-3-6-10-21;1-2;;;/h3-12,15,18-19,22,35H,13-14,16-17,20H2,1-2H3;1H3;;;. The molecule has 0 bridgehead atoms.